The molecule has 1 aliphatic heterocycles. The van der Waals surface area contributed by atoms with Crippen molar-refractivity contribution in [1.29, 1.82) is 0 Å². The summed E-state index contributed by atoms with van der Waals surface area (Å²) in [4.78, 5) is 16.2. The molecule has 0 radical (unpaired) electrons. The van der Waals surface area contributed by atoms with Crippen LogP contribution in [-0.4, -0.2) is 48.4 Å². The molecule has 1 heterocycles. The minimum atomic E-state index is -0.308. The second-order valence-electron chi connectivity index (χ2n) is 4.23. The van der Waals surface area contributed by atoms with Gasteiger partial charge in [-0.25, -0.2) is 4.39 Å². The van der Waals surface area contributed by atoms with Gasteiger partial charge >= 0.3 is 0 Å². The number of piperazine rings is 1. The standard InChI is InChI=1S/C13H17FN2O.ClH/c1-2-15-7-9-16(10-8-15)13(17)11-3-5-12(14)6-4-11;/h3-6H,2,7-10H2,1H3;1H. The van der Waals surface area contributed by atoms with Crippen molar-refractivity contribution in [3.8, 4) is 0 Å². The fourth-order valence-corrected chi connectivity index (χ4v) is 2.04. The van der Waals surface area contributed by atoms with Crippen LogP contribution in [-0.2, 0) is 0 Å². The molecule has 100 valence electrons. The molecular formula is C13H18ClFN2O. The smallest absolute Gasteiger partial charge is 0.253 e. The molecule has 0 N–H and O–H groups in total. The Kier molecular flexibility index (Phi) is 5.56. The average molecular weight is 273 g/mol. The third kappa shape index (κ3) is 3.43. The van der Waals surface area contributed by atoms with E-state index in [9.17, 15) is 9.18 Å². The van der Waals surface area contributed by atoms with Gasteiger partial charge in [0.25, 0.3) is 5.91 Å². The maximum absolute atomic E-state index is 12.8. The number of carbonyl (C=O) groups is 1. The molecule has 18 heavy (non-hydrogen) atoms. The van der Waals surface area contributed by atoms with Gasteiger partial charge in [0.05, 0.1) is 0 Å². The van der Waals surface area contributed by atoms with E-state index in [1.807, 2.05) is 4.90 Å². The third-order valence-corrected chi connectivity index (χ3v) is 3.20. The Hall–Kier alpha value is -1.13. The van der Waals surface area contributed by atoms with Crippen LogP contribution in [0.3, 0.4) is 0 Å². The summed E-state index contributed by atoms with van der Waals surface area (Å²) in [5.74, 6) is -0.307. The van der Waals surface area contributed by atoms with Crippen molar-refractivity contribution < 1.29 is 9.18 Å². The van der Waals surface area contributed by atoms with Crippen LogP contribution in [0.15, 0.2) is 24.3 Å². The average Bonchev–Trinajstić information content (AvgIpc) is 2.39. The van der Waals surface area contributed by atoms with Crippen LogP contribution in [0.1, 0.15) is 17.3 Å². The van der Waals surface area contributed by atoms with Crippen molar-refractivity contribution in [2.75, 3.05) is 32.7 Å². The fourth-order valence-electron chi connectivity index (χ4n) is 2.04. The van der Waals surface area contributed by atoms with E-state index in [1.165, 1.54) is 12.1 Å². The van der Waals surface area contributed by atoms with E-state index < -0.39 is 0 Å². The SMILES string of the molecule is CCN1CCN(C(=O)c2ccc(F)cc2)CC1.Cl. The van der Waals surface area contributed by atoms with E-state index in [0.717, 1.165) is 32.7 Å². The molecule has 0 atom stereocenters. The summed E-state index contributed by atoms with van der Waals surface area (Å²) in [6.45, 7) is 6.50. The van der Waals surface area contributed by atoms with Crippen LogP contribution in [0.2, 0.25) is 0 Å². The fraction of sp³-hybridized carbons (Fsp3) is 0.462. The number of hydrogen-bond donors (Lipinski definition) is 0. The molecule has 5 heteroatoms. The highest BCUT2D eigenvalue weighted by molar-refractivity contribution is 5.94. The minimum Gasteiger partial charge on any atom is -0.336 e. The molecule has 2 rings (SSSR count). The number of hydrogen-bond acceptors (Lipinski definition) is 2. The highest BCUT2D eigenvalue weighted by Gasteiger charge is 2.20. The van der Waals surface area contributed by atoms with E-state index in [1.54, 1.807) is 12.1 Å². The second-order valence-corrected chi connectivity index (χ2v) is 4.23. The first-order valence-corrected chi connectivity index (χ1v) is 5.98. The second kappa shape index (κ2) is 6.71. The molecule has 0 bridgehead atoms. The number of nitrogens with zero attached hydrogens (tertiary/aromatic N) is 2. The zero-order chi connectivity index (χ0) is 12.3. The van der Waals surface area contributed by atoms with E-state index in [-0.39, 0.29) is 24.1 Å². The number of benzene rings is 1. The molecule has 0 aromatic heterocycles. The molecule has 1 amide bonds. The van der Waals surface area contributed by atoms with Crippen molar-refractivity contribution in [1.82, 2.24) is 9.80 Å². The number of rotatable bonds is 2. The Morgan fingerprint density at radius 1 is 1.17 bits per heavy atom. The van der Waals surface area contributed by atoms with Crippen LogP contribution in [0.5, 0.6) is 0 Å². The van der Waals surface area contributed by atoms with Crippen LogP contribution < -0.4 is 0 Å². The Labute approximate surface area is 113 Å². The molecule has 0 saturated carbocycles. The lowest BCUT2D eigenvalue weighted by Gasteiger charge is -2.34. The summed E-state index contributed by atoms with van der Waals surface area (Å²) in [5.41, 5.74) is 0.566. The first kappa shape index (κ1) is 14.9. The number of halogens is 2. The zero-order valence-electron chi connectivity index (χ0n) is 10.4. The van der Waals surface area contributed by atoms with Crippen molar-refractivity contribution in [3.63, 3.8) is 0 Å². The quantitative estimate of drug-likeness (QED) is 0.822. The lowest BCUT2D eigenvalue weighted by molar-refractivity contribution is 0.0643. The van der Waals surface area contributed by atoms with E-state index in [4.69, 9.17) is 0 Å². The van der Waals surface area contributed by atoms with Crippen LogP contribution >= 0.6 is 12.4 Å². The summed E-state index contributed by atoms with van der Waals surface area (Å²) in [6.07, 6.45) is 0. The van der Waals surface area contributed by atoms with Crippen molar-refractivity contribution >= 4 is 18.3 Å². The monoisotopic (exact) mass is 272 g/mol. The van der Waals surface area contributed by atoms with Gasteiger partial charge in [0.2, 0.25) is 0 Å². The van der Waals surface area contributed by atoms with Crippen LogP contribution in [0.25, 0.3) is 0 Å². The predicted octanol–water partition coefficient (Wildman–Crippen LogP) is 2.03. The number of amides is 1. The first-order valence-electron chi connectivity index (χ1n) is 5.98. The minimum absolute atomic E-state index is 0. The van der Waals surface area contributed by atoms with E-state index in [2.05, 4.69) is 11.8 Å². The van der Waals surface area contributed by atoms with Gasteiger partial charge in [-0.05, 0) is 30.8 Å². The summed E-state index contributed by atoms with van der Waals surface area (Å²) in [7, 11) is 0. The summed E-state index contributed by atoms with van der Waals surface area (Å²) in [6, 6.07) is 5.75. The molecule has 1 fully saturated rings. The summed E-state index contributed by atoms with van der Waals surface area (Å²) in [5, 5.41) is 0. The highest BCUT2D eigenvalue weighted by atomic mass is 35.5. The molecule has 1 saturated heterocycles. The van der Waals surface area contributed by atoms with Gasteiger partial charge in [0, 0.05) is 31.7 Å². The predicted molar refractivity (Wildman–Crippen MR) is 71.7 cm³/mol. The van der Waals surface area contributed by atoms with Crippen LogP contribution in [0.4, 0.5) is 4.39 Å². The maximum atomic E-state index is 12.8. The van der Waals surface area contributed by atoms with Crippen LogP contribution in [0, 0.1) is 5.82 Å². The van der Waals surface area contributed by atoms with E-state index in [0.29, 0.717) is 5.56 Å². The summed E-state index contributed by atoms with van der Waals surface area (Å²) < 4.78 is 12.8. The van der Waals surface area contributed by atoms with Gasteiger partial charge in [0.1, 0.15) is 5.82 Å². The molecule has 1 aromatic rings. The van der Waals surface area contributed by atoms with Gasteiger partial charge in [-0.3, -0.25) is 4.79 Å². The topological polar surface area (TPSA) is 23.6 Å². The largest absolute Gasteiger partial charge is 0.336 e. The molecular weight excluding hydrogens is 255 g/mol. The van der Waals surface area contributed by atoms with Gasteiger partial charge in [-0.1, -0.05) is 6.92 Å². The molecule has 1 aromatic carbocycles. The Balaban J connectivity index is 0.00000162. The van der Waals surface area contributed by atoms with Crippen molar-refractivity contribution in [3.05, 3.63) is 35.6 Å². The Morgan fingerprint density at radius 2 is 1.72 bits per heavy atom. The highest BCUT2D eigenvalue weighted by Crippen LogP contribution is 2.09. The lowest BCUT2D eigenvalue weighted by atomic mass is 10.2. The molecule has 0 aliphatic carbocycles. The molecule has 0 spiro atoms. The van der Waals surface area contributed by atoms with Gasteiger partial charge in [-0.15, -0.1) is 12.4 Å². The summed E-state index contributed by atoms with van der Waals surface area (Å²) >= 11 is 0. The van der Waals surface area contributed by atoms with Gasteiger partial charge in [-0.2, -0.15) is 0 Å². The molecule has 3 nitrogen and oxygen atoms in total. The normalized spacial score (nSPS) is 16.2. The third-order valence-electron chi connectivity index (χ3n) is 3.20. The zero-order valence-corrected chi connectivity index (χ0v) is 11.3. The molecule has 0 unspecified atom stereocenters. The number of carbonyl (C=O) groups excluding carboxylic acids is 1. The van der Waals surface area contributed by atoms with Gasteiger partial charge in [0.15, 0.2) is 0 Å². The Morgan fingerprint density at radius 3 is 2.22 bits per heavy atom. The first-order chi connectivity index (χ1) is 8.20. The van der Waals surface area contributed by atoms with Gasteiger partial charge < -0.3 is 9.80 Å². The Bertz CT molecular complexity index is 388. The van der Waals surface area contributed by atoms with E-state index >= 15 is 0 Å². The van der Waals surface area contributed by atoms with Crippen molar-refractivity contribution in [2.24, 2.45) is 0 Å². The van der Waals surface area contributed by atoms with Crippen molar-refractivity contribution in [2.45, 2.75) is 6.92 Å². The number of likely N-dealkylation sites (N-methyl/N-ethyl adjacent to an activating group) is 1. The lowest BCUT2D eigenvalue weighted by Crippen LogP contribution is -2.48. The molecule has 1 aliphatic rings. The maximum Gasteiger partial charge on any atom is 0.253 e.